The standard InChI is InChI=1S/C16H21NO/c1-13(10-17)8-14-6-5-7-15(9-14)11-18-12-16(2,3)4/h5-9H,11-12H2,1-4H3. The van der Waals surface area contributed by atoms with Crippen LogP contribution < -0.4 is 0 Å². The van der Waals surface area contributed by atoms with E-state index in [1.54, 1.807) is 0 Å². The van der Waals surface area contributed by atoms with Gasteiger partial charge in [-0.2, -0.15) is 5.26 Å². The Labute approximate surface area is 110 Å². The van der Waals surface area contributed by atoms with E-state index in [1.165, 1.54) is 0 Å². The molecule has 0 fully saturated rings. The lowest BCUT2D eigenvalue weighted by Crippen LogP contribution is -2.14. The van der Waals surface area contributed by atoms with Gasteiger partial charge in [0, 0.05) is 5.57 Å². The third-order valence-corrected chi connectivity index (χ3v) is 2.31. The molecule has 96 valence electrons. The SMILES string of the molecule is CC(C#N)=Cc1cccc(COCC(C)(C)C)c1. The minimum absolute atomic E-state index is 0.189. The maximum atomic E-state index is 8.75. The number of nitrogens with zero attached hydrogens (tertiary/aromatic N) is 1. The van der Waals surface area contributed by atoms with E-state index in [0.29, 0.717) is 12.2 Å². The van der Waals surface area contributed by atoms with Crippen molar-refractivity contribution in [2.24, 2.45) is 5.41 Å². The first-order valence-corrected chi connectivity index (χ1v) is 6.16. The zero-order valence-corrected chi connectivity index (χ0v) is 11.7. The molecular formula is C16H21NO. The number of rotatable bonds is 4. The summed E-state index contributed by atoms with van der Waals surface area (Å²) in [6, 6.07) is 10.2. The molecular weight excluding hydrogens is 222 g/mol. The fourth-order valence-corrected chi connectivity index (χ4v) is 1.53. The summed E-state index contributed by atoms with van der Waals surface area (Å²) in [4.78, 5) is 0. The van der Waals surface area contributed by atoms with E-state index in [0.717, 1.165) is 17.7 Å². The first kappa shape index (κ1) is 14.5. The molecule has 0 atom stereocenters. The molecule has 0 bridgehead atoms. The van der Waals surface area contributed by atoms with E-state index in [-0.39, 0.29) is 5.41 Å². The topological polar surface area (TPSA) is 33.0 Å². The highest BCUT2D eigenvalue weighted by atomic mass is 16.5. The Morgan fingerprint density at radius 3 is 2.72 bits per heavy atom. The molecule has 0 aromatic heterocycles. The Morgan fingerprint density at radius 1 is 1.39 bits per heavy atom. The Kier molecular flexibility index (Phi) is 5.12. The summed E-state index contributed by atoms with van der Waals surface area (Å²) in [6.45, 7) is 9.63. The van der Waals surface area contributed by atoms with Crippen LogP contribution >= 0.6 is 0 Å². The molecule has 0 saturated carbocycles. The first-order chi connectivity index (χ1) is 8.40. The second-order valence-corrected chi connectivity index (χ2v) is 5.74. The molecule has 0 aliphatic carbocycles. The molecule has 0 amide bonds. The molecule has 0 spiro atoms. The van der Waals surface area contributed by atoms with E-state index < -0.39 is 0 Å². The quantitative estimate of drug-likeness (QED) is 0.743. The van der Waals surface area contributed by atoms with Gasteiger partial charge in [-0.3, -0.25) is 0 Å². The largest absolute Gasteiger partial charge is 0.376 e. The Balaban J connectivity index is 2.64. The van der Waals surface area contributed by atoms with Crippen LogP contribution in [-0.4, -0.2) is 6.61 Å². The third kappa shape index (κ3) is 5.65. The van der Waals surface area contributed by atoms with Gasteiger partial charge < -0.3 is 4.74 Å². The van der Waals surface area contributed by atoms with E-state index in [1.807, 2.05) is 31.2 Å². The van der Waals surface area contributed by atoms with Crippen LogP contribution in [0, 0.1) is 16.7 Å². The number of ether oxygens (including phenoxy) is 1. The molecule has 1 rings (SSSR count). The monoisotopic (exact) mass is 243 g/mol. The lowest BCUT2D eigenvalue weighted by atomic mass is 9.99. The number of allylic oxidation sites excluding steroid dienone is 1. The summed E-state index contributed by atoms with van der Waals surface area (Å²) in [5.41, 5.74) is 3.09. The van der Waals surface area contributed by atoms with Crippen molar-refractivity contribution in [2.75, 3.05) is 6.61 Å². The van der Waals surface area contributed by atoms with Crippen LogP contribution in [0.1, 0.15) is 38.8 Å². The number of hydrogen-bond acceptors (Lipinski definition) is 2. The van der Waals surface area contributed by atoms with E-state index in [4.69, 9.17) is 10.00 Å². The van der Waals surface area contributed by atoms with Gasteiger partial charge in [0.2, 0.25) is 0 Å². The molecule has 0 heterocycles. The van der Waals surface area contributed by atoms with Crippen LogP contribution in [0.15, 0.2) is 29.8 Å². The fraction of sp³-hybridized carbons (Fsp3) is 0.438. The zero-order valence-electron chi connectivity index (χ0n) is 11.7. The highest BCUT2D eigenvalue weighted by Crippen LogP contribution is 2.15. The molecule has 1 aromatic rings. The van der Waals surface area contributed by atoms with Crippen LogP contribution in [-0.2, 0) is 11.3 Å². The van der Waals surface area contributed by atoms with Gasteiger partial charge >= 0.3 is 0 Å². The van der Waals surface area contributed by atoms with Gasteiger partial charge in [-0.15, -0.1) is 0 Å². The van der Waals surface area contributed by atoms with Crippen molar-refractivity contribution in [3.05, 3.63) is 41.0 Å². The summed E-state index contributed by atoms with van der Waals surface area (Å²) < 4.78 is 5.68. The molecule has 0 N–H and O–H groups in total. The minimum atomic E-state index is 0.189. The van der Waals surface area contributed by atoms with Crippen LogP contribution in [0.3, 0.4) is 0 Å². The molecule has 2 heteroatoms. The second kappa shape index (κ2) is 6.37. The second-order valence-electron chi connectivity index (χ2n) is 5.74. The lowest BCUT2D eigenvalue weighted by molar-refractivity contribution is 0.0599. The Bertz CT molecular complexity index is 461. The summed E-state index contributed by atoms with van der Waals surface area (Å²) in [7, 11) is 0. The fourth-order valence-electron chi connectivity index (χ4n) is 1.53. The average Bonchev–Trinajstić information content (AvgIpc) is 2.27. The van der Waals surface area contributed by atoms with Crippen molar-refractivity contribution >= 4 is 6.08 Å². The summed E-state index contributed by atoms with van der Waals surface area (Å²) >= 11 is 0. The highest BCUT2D eigenvalue weighted by molar-refractivity contribution is 5.56. The van der Waals surface area contributed by atoms with Crippen molar-refractivity contribution in [3.8, 4) is 6.07 Å². The van der Waals surface area contributed by atoms with E-state index in [2.05, 4.69) is 32.9 Å². The van der Waals surface area contributed by atoms with Gasteiger partial charge in [-0.1, -0.05) is 39.0 Å². The third-order valence-electron chi connectivity index (χ3n) is 2.31. The zero-order chi connectivity index (χ0) is 13.6. The molecule has 0 aliphatic rings. The molecule has 2 nitrogen and oxygen atoms in total. The maximum Gasteiger partial charge on any atom is 0.0944 e. The van der Waals surface area contributed by atoms with Crippen molar-refractivity contribution in [1.29, 1.82) is 5.26 Å². The Hall–Kier alpha value is -1.59. The van der Waals surface area contributed by atoms with Crippen molar-refractivity contribution in [1.82, 2.24) is 0 Å². The predicted octanol–water partition coefficient (Wildman–Crippen LogP) is 4.18. The number of hydrogen-bond donors (Lipinski definition) is 0. The normalized spacial score (nSPS) is 12.3. The van der Waals surface area contributed by atoms with Crippen LogP contribution in [0.5, 0.6) is 0 Å². The molecule has 1 aromatic carbocycles. The van der Waals surface area contributed by atoms with Gasteiger partial charge in [0.25, 0.3) is 0 Å². The van der Waals surface area contributed by atoms with Crippen LogP contribution in [0.4, 0.5) is 0 Å². The minimum Gasteiger partial charge on any atom is -0.376 e. The van der Waals surface area contributed by atoms with Crippen LogP contribution in [0.25, 0.3) is 6.08 Å². The van der Waals surface area contributed by atoms with Gasteiger partial charge in [-0.25, -0.2) is 0 Å². The van der Waals surface area contributed by atoms with Gasteiger partial charge in [-0.05, 0) is 35.6 Å². The number of nitriles is 1. The predicted molar refractivity (Wildman–Crippen MR) is 74.8 cm³/mol. The molecule has 0 saturated heterocycles. The summed E-state index contributed by atoms with van der Waals surface area (Å²) in [5.74, 6) is 0. The van der Waals surface area contributed by atoms with E-state index >= 15 is 0 Å². The van der Waals surface area contributed by atoms with Crippen molar-refractivity contribution in [2.45, 2.75) is 34.3 Å². The lowest BCUT2D eigenvalue weighted by Gasteiger charge is -2.18. The highest BCUT2D eigenvalue weighted by Gasteiger charge is 2.09. The van der Waals surface area contributed by atoms with Gasteiger partial charge in [0.05, 0.1) is 19.3 Å². The van der Waals surface area contributed by atoms with Crippen molar-refractivity contribution in [3.63, 3.8) is 0 Å². The van der Waals surface area contributed by atoms with Crippen LogP contribution in [0.2, 0.25) is 0 Å². The molecule has 0 aliphatic heterocycles. The maximum absolute atomic E-state index is 8.75. The summed E-state index contributed by atoms with van der Waals surface area (Å²) in [6.07, 6.45) is 1.88. The molecule has 18 heavy (non-hydrogen) atoms. The molecule has 0 unspecified atom stereocenters. The van der Waals surface area contributed by atoms with Gasteiger partial charge in [0.1, 0.15) is 0 Å². The average molecular weight is 243 g/mol. The molecule has 0 radical (unpaired) electrons. The summed E-state index contributed by atoms with van der Waals surface area (Å²) in [5, 5.41) is 8.75. The first-order valence-electron chi connectivity index (χ1n) is 6.16. The van der Waals surface area contributed by atoms with Gasteiger partial charge in [0.15, 0.2) is 0 Å². The van der Waals surface area contributed by atoms with Crippen molar-refractivity contribution < 1.29 is 4.74 Å². The van der Waals surface area contributed by atoms with E-state index in [9.17, 15) is 0 Å². The smallest absolute Gasteiger partial charge is 0.0944 e. The number of benzene rings is 1. The Morgan fingerprint density at radius 2 is 2.11 bits per heavy atom.